The summed E-state index contributed by atoms with van der Waals surface area (Å²) in [6.45, 7) is 4.34. The second-order valence-electron chi connectivity index (χ2n) is 9.49. The van der Waals surface area contributed by atoms with E-state index in [0.717, 1.165) is 11.6 Å². The number of alkyl halides is 3. The fraction of sp³-hybridized carbons (Fsp3) is 0.350. The molecule has 2 N–H and O–H groups in total. The summed E-state index contributed by atoms with van der Waals surface area (Å²) in [4.78, 5) is 27.1. The first kappa shape index (κ1) is 24.6. The molecular formula is C20H24B3F3N8O. The number of fused-ring (bicyclic) bond motifs is 1. The van der Waals surface area contributed by atoms with E-state index in [2.05, 4.69) is 30.7 Å². The third-order valence-corrected chi connectivity index (χ3v) is 5.63. The Kier molecular flexibility index (Phi) is 6.28. The van der Waals surface area contributed by atoms with Crippen LogP contribution in [0.3, 0.4) is 0 Å². The molecule has 4 heterocycles. The normalized spacial score (nSPS) is 16.1. The van der Waals surface area contributed by atoms with Gasteiger partial charge in [-0.25, -0.2) is 4.98 Å². The summed E-state index contributed by atoms with van der Waals surface area (Å²) >= 11 is 0. The second-order valence-corrected chi connectivity index (χ2v) is 9.49. The predicted molar refractivity (Wildman–Crippen MR) is 134 cm³/mol. The van der Waals surface area contributed by atoms with E-state index in [1.807, 2.05) is 42.3 Å². The van der Waals surface area contributed by atoms with Crippen LogP contribution in [0, 0.1) is 6.92 Å². The number of amides is 1. The highest BCUT2D eigenvalue weighted by atomic mass is 19.4. The van der Waals surface area contributed by atoms with Gasteiger partial charge in [0.25, 0.3) is 0 Å². The third-order valence-electron chi connectivity index (χ3n) is 5.63. The van der Waals surface area contributed by atoms with Gasteiger partial charge in [-0.1, -0.05) is 6.07 Å². The Labute approximate surface area is 203 Å². The van der Waals surface area contributed by atoms with Gasteiger partial charge in [0.15, 0.2) is 5.82 Å². The number of hydrogen-bond acceptors (Lipinski definition) is 7. The van der Waals surface area contributed by atoms with Crippen molar-refractivity contribution in [1.82, 2.24) is 24.7 Å². The van der Waals surface area contributed by atoms with E-state index in [1.54, 1.807) is 17.1 Å². The van der Waals surface area contributed by atoms with Gasteiger partial charge >= 0.3 is 6.18 Å². The average Bonchev–Trinajstić information content (AvgIpc) is 3.20. The molecule has 1 amide bonds. The number of nitrogens with zero attached hydrogens (tertiary/aromatic N) is 6. The zero-order chi connectivity index (χ0) is 25.5. The van der Waals surface area contributed by atoms with Gasteiger partial charge in [-0.05, 0) is 30.7 Å². The molecule has 3 aromatic rings. The summed E-state index contributed by atoms with van der Waals surface area (Å²) in [5.74, 6) is 0.971. The van der Waals surface area contributed by atoms with Gasteiger partial charge in [-0.2, -0.15) is 23.3 Å². The Bertz CT molecular complexity index is 1240. The Hall–Kier alpha value is -3.51. The molecule has 0 bridgehead atoms. The first-order valence-corrected chi connectivity index (χ1v) is 11.1. The van der Waals surface area contributed by atoms with E-state index in [-0.39, 0.29) is 23.7 Å². The van der Waals surface area contributed by atoms with E-state index in [0.29, 0.717) is 35.3 Å². The predicted octanol–water partition coefficient (Wildman–Crippen LogP) is -0.287. The van der Waals surface area contributed by atoms with Gasteiger partial charge in [0.2, 0.25) is 11.9 Å². The zero-order valence-electron chi connectivity index (χ0n) is 20.1. The molecule has 0 unspecified atom stereocenters. The molecule has 9 nitrogen and oxygen atoms in total. The SMILES string of the molecule is BC(B)(B)N1c2nc(NCc3cnn(Cc4ccc(C(F)(F)F)nc4)c3)nc(C)c2NC(=O)[C@@H]1C. The number of rotatable bonds is 6. The van der Waals surface area contributed by atoms with E-state index < -0.39 is 11.9 Å². The average molecular weight is 482 g/mol. The van der Waals surface area contributed by atoms with Crippen molar-refractivity contribution < 1.29 is 18.0 Å². The summed E-state index contributed by atoms with van der Waals surface area (Å²) in [6.07, 6.45) is 0.194. The number of aromatic nitrogens is 5. The van der Waals surface area contributed by atoms with Crippen molar-refractivity contribution in [3.05, 3.63) is 53.2 Å². The molecule has 35 heavy (non-hydrogen) atoms. The van der Waals surface area contributed by atoms with Crippen LogP contribution in [0.15, 0.2) is 30.7 Å². The minimum absolute atomic E-state index is 0.101. The molecule has 0 radical (unpaired) electrons. The summed E-state index contributed by atoms with van der Waals surface area (Å²) < 4.78 is 39.7. The van der Waals surface area contributed by atoms with E-state index in [4.69, 9.17) is 0 Å². The van der Waals surface area contributed by atoms with Gasteiger partial charge in [0, 0.05) is 24.5 Å². The zero-order valence-corrected chi connectivity index (χ0v) is 20.1. The number of aryl methyl sites for hydroxylation is 1. The first-order valence-electron chi connectivity index (χ1n) is 11.1. The van der Waals surface area contributed by atoms with Crippen molar-refractivity contribution in [1.29, 1.82) is 0 Å². The number of carbonyl (C=O) groups is 1. The summed E-state index contributed by atoms with van der Waals surface area (Å²) in [6, 6.07) is 1.96. The Morgan fingerprint density at radius 1 is 1.14 bits per heavy atom. The van der Waals surface area contributed by atoms with Crippen molar-refractivity contribution in [3.8, 4) is 0 Å². The van der Waals surface area contributed by atoms with Crippen LogP contribution in [-0.4, -0.2) is 65.5 Å². The van der Waals surface area contributed by atoms with Crippen molar-refractivity contribution in [2.75, 3.05) is 15.5 Å². The highest BCUT2D eigenvalue weighted by Gasteiger charge is 2.38. The maximum atomic E-state index is 12.7. The maximum absolute atomic E-state index is 12.7. The molecule has 15 heteroatoms. The van der Waals surface area contributed by atoms with E-state index in [9.17, 15) is 18.0 Å². The van der Waals surface area contributed by atoms with Crippen LogP contribution in [0.2, 0.25) is 0 Å². The fourth-order valence-electron chi connectivity index (χ4n) is 4.02. The number of halogens is 3. The lowest BCUT2D eigenvalue weighted by molar-refractivity contribution is -0.141. The first-order chi connectivity index (χ1) is 16.3. The molecule has 1 aliphatic rings. The van der Waals surface area contributed by atoms with Crippen molar-refractivity contribution in [2.24, 2.45) is 0 Å². The molecule has 0 saturated carbocycles. The molecule has 1 aliphatic heterocycles. The number of anilines is 3. The standard InChI is InChI=1S/C20H24B3F3N8O/c1-10-15-16(34(20(21,22)23)11(2)17(35)31-15)32-18(30-10)28-6-13-7-29-33(9-13)8-12-3-4-14(27-5-12)19(24,25)26/h3-5,7,9,11H,6,8,21-23H2,1-2H3,(H,31,35)(H,28,30,32)/t11-/m0/s1. The van der Waals surface area contributed by atoms with Crippen LogP contribution in [0.1, 0.15) is 29.4 Å². The lowest BCUT2D eigenvalue weighted by Crippen LogP contribution is -2.60. The van der Waals surface area contributed by atoms with Gasteiger partial charge in [0.1, 0.15) is 41.0 Å². The molecule has 0 fully saturated rings. The molecular weight excluding hydrogens is 458 g/mol. The van der Waals surface area contributed by atoms with E-state index in [1.165, 1.54) is 12.3 Å². The quantitative estimate of drug-likeness (QED) is 0.467. The number of pyridine rings is 1. The van der Waals surface area contributed by atoms with Gasteiger partial charge in [-0.15, -0.1) is 0 Å². The molecule has 0 aromatic carbocycles. The van der Waals surface area contributed by atoms with Gasteiger partial charge in [0.05, 0.1) is 18.4 Å². The van der Waals surface area contributed by atoms with Crippen LogP contribution in [0.5, 0.6) is 0 Å². The Morgan fingerprint density at radius 2 is 1.89 bits per heavy atom. The molecule has 0 saturated heterocycles. The van der Waals surface area contributed by atoms with Crippen LogP contribution in [0.25, 0.3) is 0 Å². The third kappa shape index (κ3) is 5.28. The summed E-state index contributed by atoms with van der Waals surface area (Å²) in [5, 5.41) is 10.0. The van der Waals surface area contributed by atoms with Gasteiger partial charge < -0.3 is 15.5 Å². The van der Waals surface area contributed by atoms with Crippen molar-refractivity contribution in [2.45, 2.75) is 44.4 Å². The largest absolute Gasteiger partial charge is 0.433 e. The highest BCUT2D eigenvalue weighted by molar-refractivity contribution is 6.61. The lowest BCUT2D eigenvalue weighted by Gasteiger charge is -2.45. The Morgan fingerprint density at radius 3 is 2.51 bits per heavy atom. The maximum Gasteiger partial charge on any atom is 0.433 e. The topological polar surface area (TPSA) is 101 Å². The van der Waals surface area contributed by atoms with Crippen molar-refractivity contribution in [3.63, 3.8) is 0 Å². The smallest absolute Gasteiger partial charge is 0.361 e. The fourth-order valence-corrected chi connectivity index (χ4v) is 4.02. The van der Waals surface area contributed by atoms with E-state index >= 15 is 0 Å². The highest BCUT2D eigenvalue weighted by Crippen LogP contribution is 2.35. The molecule has 180 valence electrons. The Balaban J connectivity index is 1.47. The monoisotopic (exact) mass is 482 g/mol. The number of hydrogen-bond donors (Lipinski definition) is 2. The molecule has 4 rings (SSSR count). The van der Waals surface area contributed by atoms with Crippen LogP contribution >= 0.6 is 0 Å². The van der Waals surface area contributed by atoms with Gasteiger partial charge in [-0.3, -0.25) is 14.5 Å². The minimum Gasteiger partial charge on any atom is -0.361 e. The minimum atomic E-state index is -4.46. The molecule has 0 aliphatic carbocycles. The van der Waals surface area contributed by atoms with Crippen LogP contribution in [-0.2, 0) is 24.1 Å². The van der Waals surface area contributed by atoms with Crippen molar-refractivity contribution >= 4 is 46.9 Å². The summed E-state index contributed by atoms with van der Waals surface area (Å²) in [7, 11) is 6.07. The number of nitrogens with one attached hydrogen (secondary N) is 2. The van der Waals surface area contributed by atoms with Crippen LogP contribution in [0.4, 0.5) is 30.6 Å². The second kappa shape index (κ2) is 8.93. The van der Waals surface area contributed by atoms with Crippen LogP contribution < -0.4 is 15.5 Å². The molecule has 3 aromatic heterocycles. The molecule has 0 spiro atoms. The summed E-state index contributed by atoms with van der Waals surface area (Å²) in [5.41, 5.74) is 1.78. The lowest BCUT2D eigenvalue weighted by atomic mass is 9.48. The number of carbonyl (C=O) groups excluding carboxylic acids is 1. The molecule has 1 atom stereocenters.